The molecule has 2 rings (SSSR count). The summed E-state index contributed by atoms with van der Waals surface area (Å²) in [5.74, 6) is -0.273. The number of hydrogen-bond acceptors (Lipinski definition) is 3. The minimum absolute atomic E-state index is 0.0972. The van der Waals surface area contributed by atoms with E-state index in [1.165, 1.54) is 0 Å². The third-order valence-electron chi connectivity index (χ3n) is 3.19. The molecule has 2 aromatic rings. The van der Waals surface area contributed by atoms with Gasteiger partial charge in [-0.25, -0.2) is 4.98 Å². The lowest BCUT2D eigenvalue weighted by molar-refractivity contribution is 0.0842. The van der Waals surface area contributed by atoms with Crippen LogP contribution in [-0.2, 0) is 0 Å². The van der Waals surface area contributed by atoms with Crippen LogP contribution < -0.4 is 5.32 Å². The van der Waals surface area contributed by atoms with Gasteiger partial charge in [0.2, 0.25) is 0 Å². The van der Waals surface area contributed by atoms with Gasteiger partial charge in [-0.2, -0.15) is 0 Å². The molecule has 5 heteroatoms. The number of hydrogen-bond donors (Lipinski definition) is 3. The molecule has 1 amide bonds. The monoisotopic (exact) mass is 247 g/mol. The first kappa shape index (κ1) is 12.6. The van der Waals surface area contributed by atoms with Crippen LogP contribution in [0.3, 0.4) is 0 Å². The molecule has 0 bridgehead atoms. The second-order valence-electron chi connectivity index (χ2n) is 4.64. The fraction of sp³-hybridized carbons (Fsp3) is 0.385. The van der Waals surface area contributed by atoms with Crippen LogP contribution in [0.5, 0.6) is 0 Å². The van der Waals surface area contributed by atoms with E-state index >= 15 is 0 Å². The number of aromatic nitrogens is 2. The van der Waals surface area contributed by atoms with Crippen LogP contribution in [0.1, 0.15) is 30.8 Å². The number of H-pyrrole nitrogens is 1. The predicted molar refractivity (Wildman–Crippen MR) is 69.3 cm³/mol. The van der Waals surface area contributed by atoms with E-state index in [0.29, 0.717) is 17.8 Å². The van der Waals surface area contributed by atoms with Gasteiger partial charge >= 0.3 is 0 Å². The van der Waals surface area contributed by atoms with Gasteiger partial charge in [0.25, 0.3) is 5.91 Å². The summed E-state index contributed by atoms with van der Waals surface area (Å²) in [5.41, 5.74) is 0.423. The number of nitrogens with one attached hydrogen (secondary N) is 2. The maximum atomic E-state index is 12.0. The Morgan fingerprint density at radius 1 is 1.50 bits per heavy atom. The Balaban J connectivity index is 2.22. The van der Waals surface area contributed by atoms with Crippen molar-refractivity contribution in [2.24, 2.45) is 0 Å². The van der Waals surface area contributed by atoms with Gasteiger partial charge in [-0.1, -0.05) is 6.92 Å². The Hall–Kier alpha value is -1.88. The molecule has 0 aromatic carbocycles. The maximum absolute atomic E-state index is 12.0. The Kier molecular flexibility index (Phi) is 3.34. The average Bonchev–Trinajstić information content (AvgIpc) is 2.85. The molecule has 0 fully saturated rings. The van der Waals surface area contributed by atoms with Gasteiger partial charge in [0.05, 0.1) is 12.1 Å². The summed E-state index contributed by atoms with van der Waals surface area (Å²) < 4.78 is 0. The van der Waals surface area contributed by atoms with Crippen LogP contribution in [-0.4, -0.2) is 33.1 Å². The molecule has 0 saturated carbocycles. The van der Waals surface area contributed by atoms with Crippen molar-refractivity contribution in [3.63, 3.8) is 0 Å². The number of aliphatic hydroxyl groups excluding tert-OH is 1. The number of carbonyl (C=O) groups is 1. The third-order valence-corrected chi connectivity index (χ3v) is 3.19. The molecule has 0 radical (unpaired) electrons. The van der Waals surface area contributed by atoms with Crippen molar-refractivity contribution in [1.29, 1.82) is 0 Å². The van der Waals surface area contributed by atoms with Crippen molar-refractivity contribution in [3.8, 4) is 0 Å². The summed E-state index contributed by atoms with van der Waals surface area (Å²) in [4.78, 5) is 19.2. The molecule has 0 aliphatic rings. The van der Waals surface area contributed by atoms with E-state index < -0.39 is 5.54 Å². The van der Waals surface area contributed by atoms with E-state index in [1.54, 1.807) is 19.2 Å². The van der Waals surface area contributed by atoms with Crippen molar-refractivity contribution in [1.82, 2.24) is 15.3 Å². The smallest absolute Gasteiger partial charge is 0.270 e. The molecule has 96 valence electrons. The van der Waals surface area contributed by atoms with Gasteiger partial charge in [-0.15, -0.1) is 0 Å². The Morgan fingerprint density at radius 3 is 2.94 bits per heavy atom. The van der Waals surface area contributed by atoms with E-state index in [9.17, 15) is 9.90 Å². The maximum Gasteiger partial charge on any atom is 0.270 e. The van der Waals surface area contributed by atoms with Crippen molar-refractivity contribution in [3.05, 3.63) is 30.1 Å². The van der Waals surface area contributed by atoms with E-state index in [4.69, 9.17) is 0 Å². The summed E-state index contributed by atoms with van der Waals surface area (Å²) >= 11 is 0. The molecule has 2 aromatic heterocycles. The fourth-order valence-electron chi connectivity index (χ4n) is 1.63. The van der Waals surface area contributed by atoms with Crippen LogP contribution >= 0.6 is 0 Å². The van der Waals surface area contributed by atoms with Crippen molar-refractivity contribution in [2.45, 2.75) is 25.8 Å². The van der Waals surface area contributed by atoms with E-state index in [0.717, 1.165) is 5.39 Å². The van der Waals surface area contributed by atoms with Crippen LogP contribution in [0.2, 0.25) is 0 Å². The molecule has 0 aliphatic carbocycles. The first-order chi connectivity index (χ1) is 8.58. The lowest BCUT2D eigenvalue weighted by atomic mass is 10.00. The topological polar surface area (TPSA) is 78.0 Å². The molecule has 0 spiro atoms. The number of aromatic amines is 1. The predicted octanol–water partition coefficient (Wildman–Crippen LogP) is 1.45. The second kappa shape index (κ2) is 4.78. The number of fused-ring (bicyclic) bond motifs is 1. The van der Waals surface area contributed by atoms with Crippen LogP contribution in [0, 0.1) is 0 Å². The zero-order chi connectivity index (χ0) is 13.2. The molecule has 1 unspecified atom stereocenters. The lowest BCUT2D eigenvalue weighted by Crippen LogP contribution is -2.48. The molecule has 18 heavy (non-hydrogen) atoms. The van der Waals surface area contributed by atoms with Gasteiger partial charge < -0.3 is 15.4 Å². The highest BCUT2D eigenvalue weighted by Crippen LogP contribution is 2.12. The molecular weight excluding hydrogens is 230 g/mol. The Labute approximate surface area is 105 Å². The van der Waals surface area contributed by atoms with Gasteiger partial charge in [0, 0.05) is 11.6 Å². The summed E-state index contributed by atoms with van der Waals surface area (Å²) in [6.45, 7) is 3.62. The standard InChI is InChI=1S/C13H17N3O2/c1-3-13(2,8-17)16-12(18)10-5-4-9-6-7-14-11(9)15-10/h4-7,17H,3,8H2,1-2H3,(H,14,15)(H,16,18). The van der Waals surface area contributed by atoms with E-state index in [-0.39, 0.29) is 12.5 Å². The Morgan fingerprint density at radius 2 is 2.28 bits per heavy atom. The van der Waals surface area contributed by atoms with Gasteiger partial charge in [-0.05, 0) is 31.5 Å². The summed E-state index contributed by atoms with van der Waals surface area (Å²) in [7, 11) is 0. The quantitative estimate of drug-likeness (QED) is 0.765. The molecule has 0 aliphatic heterocycles. The Bertz CT molecular complexity index is 558. The zero-order valence-electron chi connectivity index (χ0n) is 10.5. The van der Waals surface area contributed by atoms with Crippen LogP contribution in [0.15, 0.2) is 24.4 Å². The highest BCUT2D eigenvalue weighted by Gasteiger charge is 2.24. The highest BCUT2D eigenvalue weighted by atomic mass is 16.3. The zero-order valence-corrected chi connectivity index (χ0v) is 10.5. The van der Waals surface area contributed by atoms with Gasteiger partial charge in [0.15, 0.2) is 0 Å². The number of aliphatic hydroxyl groups is 1. The minimum Gasteiger partial charge on any atom is -0.394 e. The number of nitrogens with zero attached hydrogens (tertiary/aromatic N) is 1. The highest BCUT2D eigenvalue weighted by molar-refractivity contribution is 5.94. The molecule has 3 N–H and O–H groups in total. The normalized spacial score (nSPS) is 14.4. The van der Waals surface area contributed by atoms with Crippen molar-refractivity contribution < 1.29 is 9.90 Å². The molecular formula is C13H17N3O2. The number of rotatable bonds is 4. The number of carbonyl (C=O) groups excluding carboxylic acids is 1. The first-order valence-corrected chi connectivity index (χ1v) is 5.95. The third kappa shape index (κ3) is 2.36. The van der Waals surface area contributed by atoms with E-state index in [1.807, 2.05) is 19.1 Å². The van der Waals surface area contributed by atoms with Gasteiger partial charge in [0.1, 0.15) is 11.3 Å². The number of amides is 1. The molecule has 0 saturated heterocycles. The SMILES string of the molecule is CCC(C)(CO)NC(=O)c1ccc2cc[nH]c2n1. The number of pyridine rings is 1. The molecule has 1 atom stereocenters. The summed E-state index contributed by atoms with van der Waals surface area (Å²) in [6.07, 6.45) is 2.43. The van der Waals surface area contributed by atoms with Crippen LogP contribution in [0.4, 0.5) is 0 Å². The van der Waals surface area contributed by atoms with Crippen molar-refractivity contribution >= 4 is 16.9 Å². The van der Waals surface area contributed by atoms with Crippen molar-refractivity contribution in [2.75, 3.05) is 6.61 Å². The largest absolute Gasteiger partial charge is 0.394 e. The second-order valence-corrected chi connectivity index (χ2v) is 4.64. The van der Waals surface area contributed by atoms with Gasteiger partial charge in [-0.3, -0.25) is 4.79 Å². The fourth-order valence-corrected chi connectivity index (χ4v) is 1.63. The summed E-state index contributed by atoms with van der Waals surface area (Å²) in [5, 5.41) is 13.0. The summed E-state index contributed by atoms with van der Waals surface area (Å²) in [6, 6.07) is 5.42. The minimum atomic E-state index is -0.608. The average molecular weight is 247 g/mol. The molecule has 5 nitrogen and oxygen atoms in total. The lowest BCUT2D eigenvalue weighted by Gasteiger charge is -2.26. The molecule has 2 heterocycles. The van der Waals surface area contributed by atoms with Crippen LogP contribution in [0.25, 0.3) is 11.0 Å². The van der Waals surface area contributed by atoms with E-state index in [2.05, 4.69) is 15.3 Å². The first-order valence-electron chi connectivity index (χ1n) is 5.95.